The maximum absolute atomic E-state index is 14.0. The summed E-state index contributed by atoms with van der Waals surface area (Å²) in [5.41, 5.74) is 1.83. The van der Waals surface area contributed by atoms with Crippen LogP contribution in [-0.4, -0.2) is 48.3 Å². The van der Waals surface area contributed by atoms with Crippen LogP contribution in [0.1, 0.15) is 48.9 Å². The molecule has 1 amide bonds. The second-order valence-electron chi connectivity index (χ2n) is 9.30. The highest BCUT2D eigenvalue weighted by Crippen LogP contribution is 2.40. The van der Waals surface area contributed by atoms with Gasteiger partial charge < -0.3 is 15.5 Å². The highest BCUT2D eigenvalue weighted by Gasteiger charge is 2.41. The minimum atomic E-state index is -0.897. The van der Waals surface area contributed by atoms with Crippen molar-refractivity contribution in [2.24, 2.45) is 0 Å². The molecule has 170 valence electrons. The molecule has 0 bridgehead atoms. The van der Waals surface area contributed by atoms with Gasteiger partial charge in [0.05, 0.1) is 11.3 Å². The second kappa shape index (κ2) is 8.39. The second-order valence-corrected chi connectivity index (χ2v) is 9.30. The van der Waals surface area contributed by atoms with E-state index in [1.807, 2.05) is 0 Å². The summed E-state index contributed by atoms with van der Waals surface area (Å²) in [6, 6.07) is 3.13. The number of carbonyl (C=O) groups excluding carboxylic acids is 1. The van der Waals surface area contributed by atoms with Crippen LogP contribution in [0.15, 0.2) is 30.6 Å². The van der Waals surface area contributed by atoms with Gasteiger partial charge >= 0.3 is 0 Å². The summed E-state index contributed by atoms with van der Waals surface area (Å²) in [4.78, 5) is 19.6. The first-order valence-corrected chi connectivity index (χ1v) is 11.3. The largest absolute Gasteiger partial charge is 0.368 e. The summed E-state index contributed by atoms with van der Waals surface area (Å²) in [7, 11) is 0. The molecule has 2 saturated heterocycles. The summed E-state index contributed by atoms with van der Waals surface area (Å²) in [6.45, 7) is 2.39. The van der Waals surface area contributed by atoms with E-state index in [0.29, 0.717) is 48.2 Å². The standard InChI is InChI=1S/C24H27F3N4O/c25-16-2-3-19(11-16)30-23(32)21-13-28-12-20(15-8-17(26)10-18(27)9-15)22(21)31-7-5-24(14-31)4-1-6-29-24/h8-10,12-13,16,19,29H,1-7,11,14H2,(H,30,32)/t16-,19-,24?/m1/s1. The van der Waals surface area contributed by atoms with Gasteiger partial charge in [0.1, 0.15) is 17.8 Å². The Morgan fingerprint density at radius 1 is 1.16 bits per heavy atom. The number of benzene rings is 1. The molecule has 2 aliphatic heterocycles. The number of carbonyl (C=O) groups is 1. The third-order valence-corrected chi connectivity index (χ3v) is 7.04. The van der Waals surface area contributed by atoms with Crippen LogP contribution in [0.2, 0.25) is 0 Å². The number of nitrogens with one attached hydrogen (secondary N) is 2. The van der Waals surface area contributed by atoms with Crippen molar-refractivity contribution in [3.05, 3.63) is 47.8 Å². The lowest BCUT2D eigenvalue weighted by Gasteiger charge is -2.28. The highest BCUT2D eigenvalue weighted by atomic mass is 19.1. The maximum Gasteiger partial charge on any atom is 0.255 e. The molecule has 3 aliphatic rings. The molecular formula is C24H27F3N4O. The van der Waals surface area contributed by atoms with Crippen LogP contribution < -0.4 is 15.5 Å². The number of aromatic nitrogens is 1. The Morgan fingerprint density at radius 3 is 2.66 bits per heavy atom. The number of pyridine rings is 1. The van der Waals surface area contributed by atoms with Crippen molar-refractivity contribution >= 4 is 11.6 Å². The Morgan fingerprint density at radius 2 is 1.97 bits per heavy atom. The predicted octanol–water partition coefficient (Wildman–Crippen LogP) is 3.98. The number of anilines is 1. The Kier molecular flexibility index (Phi) is 5.57. The number of nitrogens with zero attached hydrogens (tertiary/aromatic N) is 2. The molecule has 5 nitrogen and oxygen atoms in total. The average molecular weight is 445 g/mol. The van der Waals surface area contributed by atoms with E-state index < -0.39 is 17.8 Å². The van der Waals surface area contributed by atoms with E-state index in [9.17, 15) is 18.0 Å². The van der Waals surface area contributed by atoms with Crippen molar-refractivity contribution in [1.82, 2.24) is 15.6 Å². The van der Waals surface area contributed by atoms with Gasteiger partial charge in [-0.15, -0.1) is 0 Å². The molecule has 3 atom stereocenters. The summed E-state index contributed by atoms with van der Waals surface area (Å²) in [5, 5.41) is 6.54. The molecule has 1 aliphatic carbocycles. The van der Waals surface area contributed by atoms with Crippen LogP contribution in [-0.2, 0) is 0 Å². The summed E-state index contributed by atoms with van der Waals surface area (Å²) >= 11 is 0. The van der Waals surface area contributed by atoms with Crippen LogP contribution in [0.4, 0.5) is 18.9 Å². The molecule has 0 radical (unpaired) electrons. The van der Waals surface area contributed by atoms with Gasteiger partial charge in [-0.3, -0.25) is 9.78 Å². The molecule has 2 aromatic rings. The van der Waals surface area contributed by atoms with Crippen LogP contribution in [0.3, 0.4) is 0 Å². The van der Waals surface area contributed by atoms with E-state index in [1.54, 1.807) is 6.20 Å². The van der Waals surface area contributed by atoms with E-state index in [0.717, 1.165) is 38.4 Å². The van der Waals surface area contributed by atoms with Crippen LogP contribution >= 0.6 is 0 Å². The molecule has 1 spiro atoms. The van der Waals surface area contributed by atoms with Gasteiger partial charge in [0.25, 0.3) is 5.91 Å². The van der Waals surface area contributed by atoms with E-state index in [-0.39, 0.29) is 17.5 Å². The first-order valence-electron chi connectivity index (χ1n) is 11.3. The van der Waals surface area contributed by atoms with Crippen molar-refractivity contribution in [1.29, 1.82) is 0 Å². The monoisotopic (exact) mass is 444 g/mol. The predicted molar refractivity (Wildman–Crippen MR) is 116 cm³/mol. The van der Waals surface area contributed by atoms with E-state index >= 15 is 0 Å². The fourth-order valence-corrected chi connectivity index (χ4v) is 5.48. The van der Waals surface area contributed by atoms with E-state index in [4.69, 9.17) is 0 Å². The van der Waals surface area contributed by atoms with Gasteiger partial charge in [-0.25, -0.2) is 13.2 Å². The molecule has 8 heteroatoms. The fourth-order valence-electron chi connectivity index (χ4n) is 5.48. The van der Waals surface area contributed by atoms with Crippen LogP contribution in [0.25, 0.3) is 11.1 Å². The van der Waals surface area contributed by atoms with E-state index in [2.05, 4.69) is 20.5 Å². The highest BCUT2D eigenvalue weighted by molar-refractivity contribution is 6.03. The lowest BCUT2D eigenvalue weighted by atomic mass is 9.96. The van der Waals surface area contributed by atoms with Gasteiger partial charge in [0.2, 0.25) is 0 Å². The normalized spacial score (nSPS) is 27.4. The molecule has 2 N–H and O–H groups in total. The lowest BCUT2D eigenvalue weighted by Crippen LogP contribution is -2.42. The average Bonchev–Trinajstić information content (AvgIpc) is 3.50. The Balaban J connectivity index is 1.55. The van der Waals surface area contributed by atoms with Crippen molar-refractivity contribution in [3.63, 3.8) is 0 Å². The third kappa shape index (κ3) is 4.08. The van der Waals surface area contributed by atoms with Crippen molar-refractivity contribution in [2.75, 3.05) is 24.5 Å². The van der Waals surface area contributed by atoms with Gasteiger partial charge in [-0.1, -0.05) is 0 Å². The quantitative estimate of drug-likeness (QED) is 0.749. The summed E-state index contributed by atoms with van der Waals surface area (Å²) in [6.07, 6.45) is 6.59. The first-order chi connectivity index (χ1) is 15.4. The SMILES string of the molecule is O=C(N[C@@H]1CC[C@@H](F)C1)c1cncc(-c2cc(F)cc(F)c2)c1N1CCC2(CCCN2)C1. The molecule has 1 saturated carbocycles. The molecule has 3 fully saturated rings. The number of rotatable bonds is 4. The third-order valence-electron chi connectivity index (χ3n) is 7.04. The van der Waals surface area contributed by atoms with Crippen LogP contribution in [0.5, 0.6) is 0 Å². The van der Waals surface area contributed by atoms with E-state index in [1.165, 1.54) is 18.3 Å². The van der Waals surface area contributed by atoms with Gasteiger partial charge in [-0.05, 0) is 62.8 Å². The van der Waals surface area contributed by atoms with Crippen molar-refractivity contribution in [3.8, 4) is 11.1 Å². The van der Waals surface area contributed by atoms with Gasteiger partial charge in [-0.2, -0.15) is 0 Å². The molecule has 3 heterocycles. The fraction of sp³-hybridized carbons (Fsp3) is 0.500. The smallest absolute Gasteiger partial charge is 0.255 e. The zero-order chi connectivity index (χ0) is 22.3. The minimum absolute atomic E-state index is 0.00558. The zero-order valence-corrected chi connectivity index (χ0v) is 17.8. The number of hydrogen-bond acceptors (Lipinski definition) is 4. The summed E-state index contributed by atoms with van der Waals surface area (Å²) < 4.78 is 41.7. The first kappa shape index (κ1) is 21.2. The molecule has 1 unspecified atom stereocenters. The topological polar surface area (TPSA) is 57.3 Å². The molecule has 5 rings (SSSR count). The molecule has 1 aromatic heterocycles. The molecule has 1 aromatic carbocycles. The Labute approximate surface area is 185 Å². The van der Waals surface area contributed by atoms with Crippen molar-refractivity contribution in [2.45, 2.75) is 56.3 Å². The minimum Gasteiger partial charge on any atom is -0.368 e. The number of amides is 1. The zero-order valence-electron chi connectivity index (χ0n) is 17.8. The molecule has 32 heavy (non-hydrogen) atoms. The number of hydrogen-bond donors (Lipinski definition) is 2. The van der Waals surface area contributed by atoms with Gasteiger partial charge in [0.15, 0.2) is 0 Å². The number of alkyl halides is 1. The Hall–Kier alpha value is -2.61. The Bertz CT molecular complexity index is 1000. The van der Waals surface area contributed by atoms with Crippen molar-refractivity contribution < 1.29 is 18.0 Å². The molecular weight excluding hydrogens is 417 g/mol. The van der Waals surface area contributed by atoms with Gasteiger partial charge in [0, 0.05) is 48.7 Å². The number of halogens is 3. The van der Waals surface area contributed by atoms with Crippen LogP contribution in [0, 0.1) is 11.6 Å². The summed E-state index contributed by atoms with van der Waals surface area (Å²) in [5.74, 6) is -1.70. The maximum atomic E-state index is 14.0. The lowest BCUT2D eigenvalue weighted by molar-refractivity contribution is 0.0937.